The Morgan fingerprint density at radius 3 is 2.21 bits per heavy atom. The first-order valence-electron chi connectivity index (χ1n) is 20.5. The summed E-state index contributed by atoms with van der Waals surface area (Å²) in [5.41, 5.74) is -4.27. The van der Waals surface area contributed by atoms with E-state index in [-0.39, 0.29) is 48.8 Å². The van der Waals surface area contributed by atoms with Crippen LogP contribution in [-0.4, -0.2) is 97.1 Å². The highest BCUT2D eigenvalue weighted by Gasteiger charge is 2.69. The van der Waals surface area contributed by atoms with Gasteiger partial charge in [-0.3, -0.25) is 4.79 Å². The molecular formula is C45H64O11. The summed E-state index contributed by atoms with van der Waals surface area (Å²) in [6.45, 7) is 12.1. The van der Waals surface area contributed by atoms with Gasteiger partial charge in [0.25, 0.3) is 0 Å². The molecule has 0 amide bonds. The lowest BCUT2D eigenvalue weighted by Gasteiger charge is -2.60. The number of ether oxygens (including phenoxy) is 4. The largest absolute Gasteiger partial charge is 0.491 e. The van der Waals surface area contributed by atoms with Crippen molar-refractivity contribution < 1.29 is 54.4 Å². The van der Waals surface area contributed by atoms with Gasteiger partial charge in [0, 0.05) is 11.3 Å². The summed E-state index contributed by atoms with van der Waals surface area (Å²) in [4.78, 5) is 13.2. The molecule has 4 aliphatic carbocycles. The van der Waals surface area contributed by atoms with Crippen LogP contribution in [0.5, 0.6) is 17.2 Å². The maximum atomic E-state index is 13.2. The van der Waals surface area contributed by atoms with Crippen LogP contribution in [0, 0.1) is 28.6 Å². The van der Waals surface area contributed by atoms with Crippen molar-refractivity contribution in [1.29, 1.82) is 0 Å². The minimum Gasteiger partial charge on any atom is -0.491 e. The van der Waals surface area contributed by atoms with Crippen LogP contribution in [0.4, 0.5) is 0 Å². The minimum atomic E-state index is -1.46. The van der Waals surface area contributed by atoms with Gasteiger partial charge in [0.1, 0.15) is 30.0 Å². The number of ketones is 1. The maximum absolute atomic E-state index is 13.2. The van der Waals surface area contributed by atoms with E-state index in [2.05, 4.69) is 0 Å². The smallest absolute Gasteiger partial charge is 0.159 e. The summed E-state index contributed by atoms with van der Waals surface area (Å²) in [6.07, 6.45) is 2.89. The fourth-order valence-electron chi connectivity index (χ4n) is 10.5. The topological polar surface area (TPSA) is 175 Å². The van der Waals surface area contributed by atoms with E-state index in [1.807, 2.05) is 75.4 Å². The van der Waals surface area contributed by atoms with Gasteiger partial charge in [-0.2, -0.15) is 0 Å². The molecule has 11 heteroatoms. The molecule has 0 spiro atoms. The first-order valence-corrected chi connectivity index (χ1v) is 20.5. The third-order valence-corrected chi connectivity index (χ3v) is 13.9. The Morgan fingerprint density at radius 1 is 0.911 bits per heavy atom. The van der Waals surface area contributed by atoms with Gasteiger partial charge in [0.05, 0.1) is 41.7 Å². The molecule has 1 saturated heterocycles. The normalized spacial score (nSPS) is 36.8. The Morgan fingerprint density at radius 2 is 1.57 bits per heavy atom. The van der Waals surface area contributed by atoms with Crippen molar-refractivity contribution in [2.45, 2.75) is 147 Å². The summed E-state index contributed by atoms with van der Waals surface area (Å²) >= 11 is 0. The van der Waals surface area contributed by atoms with E-state index in [0.717, 1.165) is 23.7 Å². The average Bonchev–Trinajstić information content (AvgIpc) is 3.73. The summed E-state index contributed by atoms with van der Waals surface area (Å²) in [5.74, 6) is 1.45. The number of benzene rings is 2. The summed E-state index contributed by atoms with van der Waals surface area (Å²) in [7, 11) is 0. The van der Waals surface area contributed by atoms with Crippen LogP contribution in [0.3, 0.4) is 0 Å². The molecule has 12 atom stereocenters. The number of carbonyl (C=O) groups is 1. The number of para-hydroxylation sites is 1. The number of aliphatic hydroxyl groups is 6. The van der Waals surface area contributed by atoms with Gasteiger partial charge in [0.2, 0.25) is 0 Å². The molecule has 2 aromatic carbocycles. The molecule has 0 aromatic heterocycles. The number of hydrogen-bond acceptors (Lipinski definition) is 11. The molecule has 0 radical (unpaired) electrons. The van der Waals surface area contributed by atoms with Crippen molar-refractivity contribution in [1.82, 2.24) is 0 Å². The predicted octanol–water partition coefficient (Wildman–Crippen LogP) is 5.86. The second kappa shape index (κ2) is 16.4. The van der Waals surface area contributed by atoms with Crippen molar-refractivity contribution in [3.8, 4) is 17.2 Å². The molecule has 5 aliphatic rings. The van der Waals surface area contributed by atoms with Crippen LogP contribution in [0.25, 0.3) is 0 Å². The highest BCUT2D eigenvalue weighted by atomic mass is 16.7. The quantitative estimate of drug-likeness (QED) is 0.161. The summed E-state index contributed by atoms with van der Waals surface area (Å²) < 4.78 is 22.6. The average molecular weight is 781 g/mol. The zero-order valence-electron chi connectivity index (χ0n) is 33.9. The van der Waals surface area contributed by atoms with Crippen molar-refractivity contribution in [3.05, 3.63) is 66.2 Å². The summed E-state index contributed by atoms with van der Waals surface area (Å²) in [5, 5.41) is 65.5. The van der Waals surface area contributed by atoms with Crippen molar-refractivity contribution in [2.75, 3.05) is 13.2 Å². The number of rotatable bonds is 11. The second-order valence-corrected chi connectivity index (χ2v) is 18.3. The van der Waals surface area contributed by atoms with Gasteiger partial charge >= 0.3 is 0 Å². The van der Waals surface area contributed by atoms with Crippen LogP contribution in [0.1, 0.15) is 99.3 Å². The lowest BCUT2D eigenvalue weighted by atomic mass is 9.45. The highest BCUT2D eigenvalue weighted by Crippen LogP contribution is 2.68. The fraction of sp³-hybridized carbons (Fsp3) is 0.667. The number of aliphatic hydroxyl groups excluding tert-OH is 3. The lowest BCUT2D eigenvalue weighted by molar-refractivity contribution is -0.177. The van der Waals surface area contributed by atoms with Gasteiger partial charge in [-0.1, -0.05) is 39.0 Å². The van der Waals surface area contributed by atoms with E-state index in [4.69, 9.17) is 18.9 Å². The van der Waals surface area contributed by atoms with Gasteiger partial charge in [-0.25, -0.2) is 0 Å². The van der Waals surface area contributed by atoms with Crippen molar-refractivity contribution in [2.24, 2.45) is 28.6 Å². The molecule has 310 valence electrons. The minimum absolute atomic E-state index is 0.00481. The van der Waals surface area contributed by atoms with Crippen LogP contribution >= 0.6 is 0 Å². The molecule has 2 unspecified atom stereocenters. The van der Waals surface area contributed by atoms with E-state index in [1.165, 1.54) is 0 Å². The molecule has 4 fully saturated rings. The Bertz CT molecular complexity index is 1670. The predicted molar refractivity (Wildman–Crippen MR) is 210 cm³/mol. The highest BCUT2D eigenvalue weighted by molar-refractivity contribution is 5.95. The fourth-order valence-corrected chi connectivity index (χ4v) is 10.5. The molecular weight excluding hydrogens is 716 g/mol. The van der Waals surface area contributed by atoms with Crippen LogP contribution in [0.2, 0.25) is 0 Å². The van der Waals surface area contributed by atoms with Crippen LogP contribution < -0.4 is 9.47 Å². The first-order chi connectivity index (χ1) is 26.3. The Balaban J connectivity index is 0.000000208. The van der Waals surface area contributed by atoms with Crippen LogP contribution in [-0.2, 0) is 14.3 Å². The Labute approximate surface area is 331 Å². The zero-order valence-corrected chi connectivity index (χ0v) is 33.9. The van der Waals surface area contributed by atoms with Crippen molar-refractivity contribution >= 4 is 5.78 Å². The van der Waals surface area contributed by atoms with Crippen molar-refractivity contribution in [3.63, 3.8) is 0 Å². The Kier molecular flexibility index (Phi) is 12.5. The van der Waals surface area contributed by atoms with E-state index in [0.29, 0.717) is 57.3 Å². The van der Waals surface area contributed by atoms with Gasteiger partial charge in [-0.15, -0.1) is 0 Å². The third kappa shape index (κ3) is 8.48. The SMILES string of the molecule is CC(C)(O)CC[C@@H](O)[C@](C)(O)[C@H]1CC[C@@]2(O)C3=CC(=O)[C@@H]4C[C@@H](O)[C@@H](O)C[C@]4(C)[C@H]3CC[C@]12C.CCC1OCC(COc2ccc(Oc3ccccc3)cc2)O1. The molecule has 11 nitrogen and oxygen atoms in total. The van der Waals surface area contributed by atoms with E-state index < -0.39 is 45.9 Å². The molecule has 56 heavy (non-hydrogen) atoms. The van der Waals surface area contributed by atoms with E-state index >= 15 is 0 Å². The maximum Gasteiger partial charge on any atom is 0.159 e. The summed E-state index contributed by atoms with van der Waals surface area (Å²) in [6, 6.07) is 17.3. The Hall–Kier alpha value is -2.87. The number of carbonyl (C=O) groups excluding carboxylic acids is 1. The van der Waals surface area contributed by atoms with E-state index in [9.17, 15) is 35.4 Å². The zero-order chi connectivity index (χ0) is 40.7. The standard InChI is InChI=1S/C27H44O7.C18H20O4/c1-23(2,32)9-8-22(31)26(5,33)21-7-11-27(34)16-12-18(28)17-13-19(29)20(30)14-24(17,3)15(16)6-10-25(21,27)4;1-2-18-20-13-17(22-18)12-19-14-8-10-16(11-9-14)21-15-6-4-3-5-7-15/h12,15,17,19-22,29-34H,6-11,13-14H2,1-5H3;3-11,17-18H,2,12-13H2,1H3/t15-,17-,19+,20-,21-,22+,24+,25+,26+,27+;/m0./s1. The number of allylic oxidation sites excluding steroid dienone is 1. The van der Waals surface area contributed by atoms with E-state index in [1.54, 1.807) is 26.8 Å². The first kappa shape index (κ1) is 42.7. The molecule has 1 heterocycles. The molecule has 3 saturated carbocycles. The molecule has 1 aliphatic heterocycles. The lowest BCUT2D eigenvalue weighted by Crippen LogP contribution is -2.62. The molecule has 7 rings (SSSR count). The van der Waals surface area contributed by atoms with Crippen LogP contribution in [0.15, 0.2) is 66.2 Å². The third-order valence-electron chi connectivity index (χ3n) is 13.9. The number of fused-ring (bicyclic) bond motifs is 5. The molecule has 6 N–H and O–H groups in total. The van der Waals surface area contributed by atoms with Gasteiger partial charge in [0.15, 0.2) is 12.1 Å². The van der Waals surface area contributed by atoms with Gasteiger partial charge < -0.3 is 49.6 Å². The monoisotopic (exact) mass is 780 g/mol. The second-order valence-electron chi connectivity index (χ2n) is 18.3. The van der Waals surface area contributed by atoms with Gasteiger partial charge in [-0.05, 0) is 144 Å². The molecule has 2 aromatic rings. The molecule has 0 bridgehead atoms. The number of hydrogen-bond donors (Lipinski definition) is 6.